The summed E-state index contributed by atoms with van der Waals surface area (Å²) in [6.07, 6.45) is 0.286. The highest BCUT2D eigenvalue weighted by Gasteiger charge is 2.49. The molecule has 3 aliphatic rings. The number of rotatable bonds is 3. The Balaban J connectivity index is 1.78. The van der Waals surface area contributed by atoms with Crippen LogP contribution < -0.4 is 0 Å². The van der Waals surface area contributed by atoms with Gasteiger partial charge < -0.3 is 14.7 Å². The zero-order valence-corrected chi connectivity index (χ0v) is 19.7. The Labute approximate surface area is 205 Å². The lowest BCUT2D eigenvalue weighted by molar-refractivity contribution is -0.194. The third-order valence-electron chi connectivity index (χ3n) is 6.52. The fourth-order valence-corrected chi connectivity index (χ4v) is 6.04. The Kier molecular flexibility index (Phi) is 6.12. The number of hydrogen-bond acceptors (Lipinski definition) is 7. The van der Waals surface area contributed by atoms with Gasteiger partial charge in [-0.1, -0.05) is 24.8 Å². The van der Waals surface area contributed by atoms with E-state index in [1.54, 1.807) is 12.1 Å². The number of thioether (sulfide) groups is 1. The summed E-state index contributed by atoms with van der Waals surface area (Å²) < 4.78 is 35.3. The molecule has 2 saturated heterocycles. The lowest BCUT2D eigenvalue weighted by Crippen LogP contribution is -2.67. The predicted molar refractivity (Wildman–Crippen MR) is 125 cm³/mol. The number of ether oxygens (including phenoxy) is 1. The molecular weight excluding hydrogens is 476 g/mol. The summed E-state index contributed by atoms with van der Waals surface area (Å²) >= 11 is 1.44. The van der Waals surface area contributed by atoms with Gasteiger partial charge in [-0.3, -0.25) is 14.6 Å². The van der Waals surface area contributed by atoms with Gasteiger partial charge in [0, 0.05) is 35.9 Å². The average Bonchev–Trinajstić information content (AvgIpc) is 3.01. The first-order chi connectivity index (χ1) is 16.8. The number of amides is 1. The van der Waals surface area contributed by atoms with E-state index in [9.17, 15) is 19.1 Å². The predicted octanol–water partition coefficient (Wildman–Crippen LogP) is 3.53. The summed E-state index contributed by atoms with van der Waals surface area (Å²) in [5, 5.41) is 13.9. The maximum absolute atomic E-state index is 15.0. The summed E-state index contributed by atoms with van der Waals surface area (Å²) in [6.45, 7) is 4.04. The van der Waals surface area contributed by atoms with Crippen molar-refractivity contribution in [2.45, 2.75) is 22.9 Å². The summed E-state index contributed by atoms with van der Waals surface area (Å²) in [7, 11) is 1.54. The fourth-order valence-electron chi connectivity index (χ4n) is 4.91. The molecule has 0 aliphatic carbocycles. The van der Waals surface area contributed by atoms with Gasteiger partial charge in [-0.25, -0.2) is 8.78 Å². The lowest BCUT2D eigenvalue weighted by Gasteiger charge is -2.54. The molecule has 1 amide bonds. The maximum atomic E-state index is 15.0. The zero-order chi connectivity index (χ0) is 24.9. The van der Waals surface area contributed by atoms with Gasteiger partial charge in [0.25, 0.3) is 5.91 Å². The van der Waals surface area contributed by atoms with Crippen molar-refractivity contribution in [3.8, 4) is 0 Å². The number of aliphatic hydroxyl groups is 1. The minimum Gasteiger partial charge on any atom is -0.503 e. The van der Waals surface area contributed by atoms with Crippen molar-refractivity contribution in [3.63, 3.8) is 0 Å². The summed E-state index contributed by atoms with van der Waals surface area (Å²) in [5.74, 6) is -3.17. The molecule has 5 rings (SSSR count). The molecule has 2 aromatic rings. The van der Waals surface area contributed by atoms with E-state index in [-0.39, 0.29) is 25.5 Å². The van der Waals surface area contributed by atoms with Gasteiger partial charge in [-0.15, -0.1) is 11.8 Å². The van der Waals surface area contributed by atoms with Crippen LogP contribution in [0.25, 0.3) is 0 Å². The van der Waals surface area contributed by atoms with E-state index in [1.165, 1.54) is 27.7 Å². The Morgan fingerprint density at radius 3 is 2.80 bits per heavy atom. The number of allylic oxidation sites excluding steroid dienone is 1. The molecule has 0 bridgehead atoms. The van der Waals surface area contributed by atoms with Gasteiger partial charge in [0.1, 0.15) is 17.8 Å². The molecule has 0 unspecified atom stereocenters. The van der Waals surface area contributed by atoms with Gasteiger partial charge in [0.05, 0.1) is 19.3 Å². The summed E-state index contributed by atoms with van der Waals surface area (Å²) in [6, 6.07) is 8.93. The highest BCUT2D eigenvalue weighted by Crippen LogP contribution is 2.46. The van der Waals surface area contributed by atoms with E-state index >= 15 is 4.39 Å². The van der Waals surface area contributed by atoms with E-state index < -0.39 is 41.3 Å². The van der Waals surface area contributed by atoms with E-state index in [0.717, 1.165) is 22.6 Å². The van der Waals surface area contributed by atoms with Crippen LogP contribution in [0.4, 0.5) is 8.78 Å². The number of halogens is 2. The standard InChI is InChI=1S/C25H23F2N3O4S/c1-3-19(31)24(32)23-25(33)29-8-9-34-12-21(29)30(28(23)2)22-15-6-4-5-7-20(15)35-13-17-16(22)10-14(26)11-18(17)27/h3-7,10-11,21-22,32H,1,8-9,12-13H2,2H3/b24-23+/t21-,22-/m1/s1. The Morgan fingerprint density at radius 2 is 2.03 bits per heavy atom. The van der Waals surface area contributed by atoms with Crippen LogP contribution in [0, 0.1) is 11.6 Å². The quantitative estimate of drug-likeness (QED) is 0.512. The maximum Gasteiger partial charge on any atom is 0.277 e. The number of morpholine rings is 1. The van der Waals surface area contributed by atoms with Gasteiger partial charge >= 0.3 is 0 Å². The molecule has 1 N–H and O–H groups in total. The van der Waals surface area contributed by atoms with Crippen LogP contribution in [0.15, 0.2) is 65.4 Å². The van der Waals surface area contributed by atoms with Crippen molar-refractivity contribution < 1.29 is 28.2 Å². The zero-order valence-electron chi connectivity index (χ0n) is 18.9. The normalized spacial score (nSPS) is 23.7. The van der Waals surface area contributed by atoms with Crippen molar-refractivity contribution in [1.82, 2.24) is 14.9 Å². The van der Waals surface area contributed by atoms with Crippen molar-refractivity contribution >= 4 is 23.5 Å². The summed E-state index contributed by atoms with van der Waals surface area (Å²) in [4.78, 5) is 28.1. The number of carbonyl (C=O) groups is 2. The highest BCUT2D eigenvalue weighted by molar-refractivity contribution is 7.98. The second kappa shape index (κ2) is 9.10. The molecule has 0 aromatic heterocycles. The molecule has 3 heterocycles. The fraction of sp³-hybridized carbons (Fsp3) is 0.280. The van der Waals surface area contributed by atoms with Crippen LogP contribution >= 0.6 is 11.8 Å². The number of nitrogens with zero attached hydrogens (tertiary/aromatic N) is 3. The van der Waals surface area contributed by atoms with Gasteiger partial charge in [0.2, 0.25) is 5.78 Å². The molecule has 0 saturated carbocycles. The lowest BCUT2D eigenvalue weighted by atomic mass is 9.93. The smallest absolute Gasteiger partial charge is 0.277 e. The van der Waals surface area contributed by atoms with Crippen molar-refractivity contribution in [1.29, 1.82) is 0 Å². The second-order valence-electron chi connectivity index (χ2n) is 8.41. The van der Waals surface area contributed by atoms with E-state index in [1.807, 2.05) is 24.3 Å². The highest BCUT2D eigenvalue weighted by atomic mass is 32.2. The van der Waals surface area contributed by atoms with Crippen molar-refractivity contribution in [2.75, 3.05) is 26.8 Å². The third-order valence-corrected chi connectivity index (χ3v) is 7.64. The summed E-state index contributed by atoms with van der Waals surface area (Å²) in [5.41, 5.74) is 1.30. The number of hydrogen-bond donors (Lipinski definition) is 1. The molecule has 182 valence electrons. The van der Waals surface area contributed by atoms with Crippen LogP contribution in [0.3, 0.4) is 0 Å². The third kappa shape index (κ3) is 3.81. The molecule has 2 aromatic carbocycles. The number of benzene rings is 2. The largest absolute Gasteiger partial charge is 0.503 e. The van der Waals surface area contributed by atoms with Gasteiger partial charge in [-0.05, 0) is 29.3 Å². The number of hydrazine groups is 1. The van der Waals surface area contributed by atoms with Crippen LogP contribution in [-0.4, -0.2) is 64.7 Å². The van der Waals surface area contributed by atoms with E-state index in [4.69, 9.17) is 4.74 Å². The first-order valence-corrected chi connectivity index (χ1v) is 12.0. The second-order valence-corrected chi connectivity index (χ2v) is 9.42. The van der Waals surface area contributed by atoms with E-state index in [2.05, 4.69) is 6.58 Å². The molecule has 0 spiro atoms. The molecule has 7 nitrogen and oxygen atoms in total. The first kappa shape index (κ1) is 23.5. The van der Waals surface area contributed by atoms with Crippen LogP contribution in [-0.2, 0) is 20.1 Å². The number of carbonyl (C=O) groups excluding carboxylic acids is 2. The minimum atomic E-state index is -0.804. The number of ketones is 1. The molecule has 35 heavy (non-hydrogen) atoms. The first-order valence-electron chi connectivity index (χ1n) is 11.0. The minimum absolute atomic E-state index is 0.137. The molecule has 2 atom stereocenters. The van der Waals surface area contributed by atoms with Crippen LogP contribution in [0.2, 0.25) is 0 Å². The number of fused-ring (bicyclic) bond motifs is 3. The van der Waals surface area contributed by atoms with Crippen LogP contribution in [0.1, 0.15) is 22.7 Å². The topological polar surface area (TPSA) is 73.3 Å². The number of aliphatic hydroxyl groups excluding tert-OH is 1. The Bertz CT molecular complexity index is 1270. The monoisotopic (exact) mass is 499 g/mol. The van der Waals surface area contributed by atoms with Crippen LogP contribution in [0.5, 0.6) is 0 Å². The average molecular weight is 500 g/mol. The molecule has 10 heteroatoms. The van der Waals surface area contributed by atoms with Crippen molar-refractivity contribution in [3.05, 3.63) is 88.8 Å². The molecular formula is C25H23F2N3O4S. The molecule has 2 fully saturated rings. The van der Waals surface area contributed by atoms with Gasteiger partial charge in [0.15, 0.2) is 11.5 Å². The Hall–Kier alpha value is -3.21. The van der Waals surface area contributed by atoms with Crippen molar-refractivity contribution in [2.24, 2.45) is 0 Å². The molecule has 0 radical (unpaired) electrons. The Morgan fingerprint density at radius 1 is 1.26 bits per heavy atom. The van der Waals surface area contributed by atoms with E-state index in [0.29, 0.717) is 16.9 Å². The van der Waals surface area contributed by atoms with Gasteiger partial charge in [-0.2, -0.15) is 5.01 Å². The number of likely N-dealkylation sites (N-methyl/N-ethyl adjacent to an activating group) is 1. The SMILES string of the molecule is C=CC(=O)/C(O)=C1/C(=O)N2CCOC[C@H]2N([C@@H]2c3ccccc3SCc3c(F)cc(F)cc32)N1C. The molecule has 3 aliphatic heterocycles.